The minimum atomic E-state index is 0.129. The molecule has 0 N–H and O–H groups in total. The average molecular weight is 549 g/mol. The third-order valence-electron chi connectivity index (χ3n) is 7.32. The third-order valence-corrected chi connectivity index (χ3v) is 7.32. The molecule has 216 valence electrons. The molecule has 0 fully saturated rings. The van der Waals surface area contributed by atoms with Crippen LogP contribution in [0.4, 0.5) is 0 Å². The van der Waals surface area contributed by atoms with E-state index >= 15 is 0 Å². The van der Waals surface area contributed by atoms with E-state index in [1.807, 2.05) is 0 Å². The third kappa shape index (κ3) is 9.15. The van der Waals surface area contributed by atoms with Crippen molar-refractivity contribution in [3.05, 3.63) is 131 Å². The first kappa shape index (κ1) is 30.8. The summed E-state index contributed by atoms with van der Waals surface area (Å²) in [6.45, 7) is 18.3. The van der Waals surface area contributed by atoms with Gasteiger partial charge in [0.2, 0.25) is 0 Å². The first-order chi connectivity index (χ1) is 19.5. The van der Waals surface area contributed by atoms with Crippen molar-refractivity contribution in [1.29, 1.82) is 0 Å². The van der Waals surface area contributed by atoms with Gasteiger partial charge in [-0.15, -0.1) is 0 Å². The van der Waals surface area contributed by atoms with Crippen LogP contribution in [-0.4, -0.2) is 26.4 Å². The van der Waals surface area contributed by atoms with Gasteiger partial charge in [-0.1, -0.05) is 145 Å². The van der Waals surface area contributed by atoms with Crippen LogP contribution in [0.15, 0.2) is 103 Å². The average Bonchev–Trinajstić information content (AvgIpc) is 2.94. The fraction of sp³-hybridized carbons (Fsp3) is 0.385. The van der Waals surface area contributed by atoms with Gasteiger partial charge in [-0.3, -0.25) is 0 Å². The Morgan fingerprint density at radius 3 is 1.51 bits per heavy atom. The van der Waals surface area contributed by atoms with Crippen molar-refractivity contribution < 1.29 is 9.47 Å². The second-order valence-corrected chi connectivity index (χ2v) is 13.8. The second-order valence-electron chi connectivity index (χ2n) is 13.8. The molecular weight excluding hydrogens is 500 g/mol. The van der Waals surface area contributed by atoms with Gasteiger partial charge in [0.25, 0.3) is 0 Å². The van der Waals surface area contributed by atoms with Gasteiger partial charge >= 0.3 is 0 Å². The van der Waals surface area contributed by atoms with E-state index in [0.717, 1.165) is 13.2 Å². The van der Waals surface area contributed by atoms with E-state index in [-0.39, 0.29) is 22.7 Å². The molecule has 0 bridgehead atoms. The van der Waals surface area contributed by atoms with Crippen LogP contribution in [-0.2, 0) is 9.47 Å². The lowest BCUT2D eigenvalue weighted by Crippen LogP contribution is -2.19. The van der Waals surface area contributed by atoms with E-state index in [9.17, 15) is 0 Å². The lowest BCUT2D eigenvalue weighted by molar-refractivity contribution is 0.0665. The maximum atomic E-state index is 6.32. The van der Waals surface area contributed by atoms with Gasteiger partial charge in [-0.05, 0) is 56.7 Å². The number of ether oxygens (including phenoxy) is 2. The predicted octanol–water partition coefficient (Wildman–Crippen LogP) is 10.1. The zero-order valence-corrected chi connectivity index (χ0v) is 26.1. The highest BCUT2D eigenvalue weighted by molar-refractivity contribution is 5.66. The molecule has 2 atom stereocenters. The largest absolute Gasteiger partial charge is 0.380 e. The summed E-state index contributed by atoms with van der Waals surface area (Å²) < 4.78 is 12.6. The van der Waals surface area contributed by atoms with Crippen LogP contribution in [0.2, 0.25) is 0 Å². The van der Waals surface area contributed by atoms with Crippen molar-refractivity contribution in [2.45, 2.75) is 60.3 Å². The normalized spacial score (nSPS) is 13.6. The van der Waals surface area contributed by atoms with Crippen LogP contribution < -0.4 is 0 Å². The molecule has 0 saturated carbocycles. The first-order valence-electron chi connectivity index (χ1n) is 15.0. The smallest absolute Gasteiger partial charge is 0.0575 e. The molecule has 4 rings (SSSR count). The predicted molar refractivity (Wildman–Crippen MR) is 174 cm³/mol. The molecule has 2 nitrogen and oxygen atoms in total. The summed E-state index contributed by atoms with van der Waals surface area (Å²) in [6, 6.07) is 37.4. The Labute approximate surface area is 248 Å². The van der Waals surface area contributed by atoms with Gasteiger partial charge in [-0.25, -0.2) is 0 Å². The van der Waals surface area contributed by atoms with Crippen molar-refractivity contribution in [2.24, 2.45) is 10.8 Å². The van der Waals surface area contributed by atoms with E-state index < -0.39 is 0 Å². The standard InChI is InChI=1S/C39H48O2/c1-29-15-11-12-22-35(29)37(26-41-28-39(5,6)7)34-21-14-19-32(24-34)31-18-13-20-33(23-31)36(25-40-27-38(2,3)4)30-16-9-8-10-17-30/h8-24,36-37H,25-28H2,1-7H3. The SMILES string of the molecule is Cc1ccccc1C(COCC(C)(C)C)c1cccc(-c2cccc(C(COCC(C)(C)C)c3ccccc3)c2)c1. The van der Waals surface area contributed by atoms with E-state index in [0.29, 0.717) is 13.2 Å². The van der Waals surface area contributed by atoms with Gasteiger partial charge < -0.3 is 9.47 Å². The van der Waals surface area contributed by atoms with Crippen molar-refractivity contribution >= 4 is 0 Å². The molecule has 0 heterocycles. The van der Waals surface area contributed by atoms with Gasteiger partial charge in [0.1, 0.15) is 0 Å². The summed E-state index contributed by atoms with van der Waals surface area (Å²) in [4.78, 5) is 0. The molecule has 0 aliphatic rings. The Kier molecular flexibility index (Phi) is 10.2. The van der Waals surface area contributed by atoms with Crippen molar-refractivity contribution in [3.8, 4) is 11.1 Å². The highest BCUT2D eigenvalue weighted by Crippen LogP contribution is 2.33. The van der Waals surface area contributed by atoms with Crippen LogP contribution in [0.3, 0.4) is 0 Å². The van der Waals surface area contributed by atoms with E-state index in [1.54, 1.807) is 0 Å². The molecule has 2 heteroatoms. The maximum absolute atomic E-state index is 6.32. The Bertz CT molecular complexity index is 1370. The molecule has 0 aliphatic carbocycles. The maximum Gasteiger partial charge on any atom is 0.0575 e. The summed E-state index contributed by atoms with van der Waals surface area (Å²) >= 11 is 0. The van der Waals surface area contributed by atoms with Gasteiger partial charge in [0.15, 0.2) is 0 Å². The molecule has 2 unspecified atom stereocenters. The van der Waals surface area contributed by atoms with E-state index in [4.69, 9.17) is 9.47 Å². The molecule has 0 spiro atoms. The monoisotopic (exact) mass is 548 g/mol. The number of rotatable bonds is 11. The fourth-order valence-corrected chi connectivity index (χ4v) is 5.25. The van der Waals surface area contributed by atoms with Crippen LogP contribution in [0.5, 0.6) is 0 Å². The second kappa shape index (κ2) is 13.6. The van der Waals surface area contributed by atoms with Crippen LogP contribution in [0, 0.1) is 17.8 Å². The number of hydrogen-bond donors (Lipinski definition) is 0. The molecule has 0 aliphatic heterocycles. The molecular formula is C39H48O2. The lowest BCUT2D eigenvalue weighted by Gasteiger charge is -2.24. The Balaban J connectivity index is 1.66. The van der Waals surface area contributed by atoms with Crippen molar-refractivity contribution in [3.63, 3.8) is 0 Å². The van der Waals surface area contributed by atoms with Gasteiger partial charge in [-0.2, -0.15) is 0 Å². The number of hydrogen-bond acceptors (Lipinski definition) is 2. The van der Waals surface area contributed by atoms with E-state index in [2.05, 4.69) is 152 Å². The highest BCUT2D eigenvalue weighted by atomic mass is 16.5. The number of aryl methyl sites for hydroxylation is 1. The highest BCUT2D eigenvalue weighted by Gasteiger charge is 2.21. The van der Waals surface area contributed by atoms with Crippen LogP contribution in [0.1, 0.15) is 81.2 Å². The molecule has 4 aromatic carbocycles. The van der Waals surface area contributed by atoms with Crippen molar-refractivity contribution in [2.75, 3.05) is 26.4 Å². The minimum absolute atomic E-state index is 0.129. The topological polar surface area (TPSA) is 18.5 Å². The summed E-state index contributed by atoms with van der Waals surface area (Å²) in [7, 11) is 0. The molecule has 41 heavy (non-hydrogen) atoms. The van der Waals surface area contributed by atoms with Crippen LogP contribution in [0.25, 0.3) is 11.1 Å². The first-order valence-corrected chi connectivity index (χ1v) is 15.0. The zero-order valence-electron chi connectivity index (χ0n) is 26.1. The Morgan fingerprint density at radius 1 is 0.512 bits per heavy atom. The quantitative estimate of drug-likeness (QED) is 0.186. The summed E-state index contributed by atoms with van der Waals surface area (Å²) in [5.74, 6) is 0.344. The molecule has 0 aromatic heterocycles. The zero-order chi connectivity index (χ0) is 29.5. The van der Waals surface area contributed by atoms with Gasteiger partial charge in [0.05, 0.1) is 26.4 Å². The van der Waals surface area contributed by atoms with Crippen LogP contribution >= 0.6 is 0 Å². The molecule has 4 aromatic rings. The summed E-state index contributed by atoms with van der Waals surface area (Å²) in [5.41, 5.74) is 9.17. The minimum Gasteiger partial charge on any atom is -0.380 e. The summed E-state index contributed by atoms with van der Waals surface area (Å²) in [6.07, 6.45) is 0. The molecule has 0 radical (unpaired) electrons. The summed E-state index contributed by atoms with van der Waals surface area (Å²) in [5, 5.41) is 0. The Hall–Kier alpha value is -3.20. The van der Waals surface area contributed by atoms with E-state index in [1.165, 1.54) is 38.9 Å². The molecule has 0 saturated heterocycles. The van der Waals surface area contributed by atoms with Gasteiger partial charge in [0, 0.05) is 11.8 Å². The Morgan fingerprint density at radius 2 is 0.976 bits per heavy atom. The van der Waals surface area contributed by atoms with Crippen molar-refractivity contribution in [1.82, 2.24) is 0 Å². The fourth-order valence-electron chi connectivity index (χ4n) is 5.25. The lowest BCUT2D eigenvalue weighted by atomic mass is 9.86. The number of benzene rings is 4. The molecule has 0 amide bonds.